The van der Waals surface area contributed by atoms with Gasteiger partial charge in [-0.2, -0.15) is 0 Å². The van der Waals surface area contributed by atoms with Crippen LogP contribution >= 0.6 is 0 Å². The molecule has 2 N–H and O–H groups in total. The first-order chi connectivity index (χ1) is 12.1. The molecule has 25 heavy (non-hydrogen) atoms. The maximum atomic E-state index is 12.7. The molecule has 0 unspecified atom stereocenters. The number of aryl methyl sites for hydroxylation is 1. The second-order valence-electron chi connectivity index (χ2n) is 6.41. The molecule has 1 aliphatic rings. The van der Waals surface area contributed by atoms with Crippen molar-refractivity contribution >= 4 is 16.7 Å². The Labute approximate surface area is 147 Å². The normalized spacial score (nSPS) is 15.6. The third-order valence-corrected chi connectivity index (χ3v) is 4.83. The number of carbonyl (C=O) groups excluding carboxylic acids is 1. The van der Waals surface area contributed by atoms with Crippen molar-refractivity contribution in [2.75, 3.05) is 32.7 Å². The molecule has 0 aliphatic carbocycles. The van der Waals surface area contributed by atoms with E-state index in [1.54, 1.807) is 22.8 Å². The van der Waals surface area contributed by atoms with Crippen molar-refractivity contribution < 1.29 is 9.90 Å². The number of para-hydroxylation sites is 1. The Morgan fingerprint density at radius 1 is 1.24 bits per heavy atom. The molecule has 1 aromatic carbocycles. The highest BCUT2D eigenvalue weighted by atomic mass is 16.3. The number of ketones is 1. The number of benzene rings is 1. The number of pyridine rings is 1. The summed E-state index contributed by atoms with van der Waals surface area (Å²) in [4.78, 5) is 27.7. The number of Topliss-reactive ketones (excluding diaryl/α,β-unsaturated/α-hetero) is 1. The van der Waals surface area contributed by atoms with Crippen LogP contribution in [0.1, 0.15) is 30.1 Å². The van der Waals surface area contributed by atoms with Gasteiger partial charge in [0.05, 0.1) is 5.52 Å². The number of aromatic nitrogens is 1. The standard InChI is InChI=1S/C19H25N3O3/c1-2-22-15-7-4-3-6-14(15)18(24)17(19(22)25)16(23)8-5-11-21-12-9-20-10-13-21/h3-4,6-7,20,24H,2,5,8-13H2,1H3. The van der Waals surface area contributed by atoms with Crippen molar-refractivity contribution in [3.8, 4) is 5.75 Å². The Morgan fingerprint density at radius 3 is 2.68 bits per heavy atom. The van der Waals surface area contributed by atoms with Crippen LogP contribution in [0.25, 0.3) is 10.9 Å². The van der Waals surface area contributed by atoms with Gasteiger partial charge in [0.1, 0.15) is 11.3 Å². The third-order valence-electron chi connectivity index (χ3n) is 4.83. The van der Waals surface area contributed by atoms with Crippen molar-refractivity contribution in [3.05, 3.63) is 40.2 Å². The number of hydrogen-bond donors (Lipinski definition) is 2. The predicted molar refractivity (Wildman–Crippen MR) is 98.4 cm³/mol. The van der Waals surface area contributed by atoms with Crippen LogP contribution in [0.4, 0.5) is 0 Å². The summed E-state index contributed by atoms with van der Waals surface area (Å²) in [5, 5.41) is 14.4. The predicted octanol–water partition coefficient (Wildman–Crippen LogP) is 1.60. The van der Waals surface area contributed by atoms with Gasteiger partial charge in [0.2, 0.25) is 0 Å². The Balaban J connectivity index is 1.82. The molecule has 0 amide bonds. The zero-order valence-electron chi connectivity index (χ0n) is 14.6. The molecular formula is C19H25N3O3. The van der Waals surface area contributed by atoms with Gasteiger partial charge >= 0.3 is 0 Å². The van der Waals surface area contributed by atoms with Gasteiger partial charge in [-0.1, -0.05) is 12.1 Å². The second kappa shape index (κ2) is 7.80. The van der Waals surface area contributed by atoms with E-state index in [2.05, 4.69) is 10.2 Å². The monoisotopic (exact) mass is 343 g/mol. The van der Waals surface area contributed by atoms with E-state index >= 15 is 0 Å². The molecule has 0 spiro atoms. The lowest BCUT2D eigenvalue weighted by Gasteiger charge is -2.26. The molecule has 1 aromatic heterocycles. The van der Waals surface area contributed by atoms with Gasteiger partial charge in [0, 0.05) is 44.5 Å². The summed E-state index contributed by atoms with van der Waals surface area (Å²) in [5.74, 6) is -0.455. The Bertz CT molecular complexity index is 823. The lowest BCUT2D eigenvalue weighted by atomic mass is 10.0. The van der Waals surface area contributed by atoms with Crippen LogP contribution in [0.5, 0.6) is 5.75 Å². The van der Waals surface area contributed by atoms with Crippen LogP contribution < -0.4 is 10.9 Å². The highest BCUT2D eigenvalue weighted by Gasteiger charge is 2.21. The molecule has 2 heterocycles. The number of rotatable bonds is 6. The van der Waals surface area contributed by atoms with Crippen LogP contribution in [0.3, 0.4) is 0 Å². The number of hydrogen-bond acceptors (Lipinski definition) is 5. The molecule has 0 radical (unpaired) electrons. The Kier molecular flexibility index (Phi) is 5.50. The van der Waals surface area contributed by atoms with Crippen molar-refractivity contribution in [2.24, 2.45) is 0 Å². The number of aromatic hydroxyl groups is 1. The number of fused-ring (bicyclic) bond motifs is 1. The molecule has 0 atom stereocenters. The van der Waals surface area contributed by atoms with E-state index < -0.39 is 5.56 Å². The Morgan fingerprint density at radius 2 is 1.96 bits per heavy atom. The molecule has 3 rings (SSSR count). The highest BCUT2D eigenvalue weighted by Crippen LogP contribution is 2.27. The van der Waals surface area contributed by atoms with E-state index in [0.29, 0.717) is 23.9 Å². The van der Waals surface area contributed by atoms with Crippen molar-refractivity contribution in [3.63, 3.8) is 0 Å². The summed E-state index contributed by atoms with van der Waals surface area (Å²) in [6.07, 6.45) is 0.964. The Hall–Kier alpha value is -2.18. The van der Waals surface area contributed by atoms with E-state index in [4.69, 9.17) is 0 Å². The average Bonchev–Trinajstić information content (AvgIpc) is 2.63. The number of nitrogens with one attached hydrogen (secondary N) is 1. The first kappa shape index (κ1) is 17.6. The molecular weight excluding hydrogens is 318 g/mol. The highest BCUT2D eigenvalue weighted by molar-refractivity contribution is 6.03. The maximum Gasteiger partial charge on any atom is 0.265 e. The van der Waals surface area contributed by atoms with E-state index in [-0.39, 0.29) is 23.5 Å². The van der Waals surface area contributed by atoms with Gasteiger partial charge in [-0.3, -0.25) is 9.59 Å². The fraction of sp³-hybridized carbons (Fsp3) is 0.474. The van der Waals surface area contributed by atoms with Crippen LogP contribution in [-0.2, 0) is 6.54 Å². The lowest BCUT2D eigenvalue weighted by Crippen LogP contribution is -2.43. The minimum Gasteiger partial charge on any atom is -0.506 e. The van der Waals surface area contributed by atoms with Crippen molar-refractivity contribution in [2.45, 2.75) is 26.3 Å². The van der Waals surface area contributed by atoms with E-state index in [0.717, 1.165) is 32.7 Å². The molecule has 1 fully saturated rings. The van der Waals surface area contributed by atoms with Crippen LogP contribution in [0.2, 0.25) is 0 Å². The number of carbonyl (C=O) groups is 1. The smallest absolute Gasteiger partial charge is 0.265 e. The quantitative estimate of drug-likeness (QED) is 0.779. The van der Waals surface area contributed by atoms with Crippen LogP contribution in [0, 0.1) is 0 Å². The minimum absolute atomic E-state index is 0.0686. The van der Waals surface area contributed by atoms with Gasteiger partial charge in [-0.15, -0.1) is 0 Å². The van der Waals surface area contributed by atoms with Gasteiger partial charge in [0.25, 0.3) is 5.56 Å². The van der Waals surface area contributed by atoms with Crippen molar-refractivity contribution in [1.82, 2.24) is 14.8 Å². The fourth-order valence-corrected chi connectivity index (χ4v) is 3.48. The average molecular weight is 343 g/mol. The third kappa shape index (κ3) is 3.60. The van der Waals surface area contributed by atoms with Gasteiger partial charge in [-0.05, 0) is 32.0 Å². The largest absolute Gasteiger partial charge is 0.506 e. The zero-order valence-corrected chi connectivity index (χ0v) is 14.6. The summed E-state index contributed by atoms with van der Waals surface area (Å²) in [7, 11) is 0. The summed E-state index contributed by atoms with van der Waals surface area (Å²) in [5.41, 5.74) is 0.191. The minimum atomic E-state index is -0.397. The molecule has 6 nitrogen and oxygen atoms in total. The zero-order chi connectivity index (χ0) is 17.8. The number of nitrogens with zero attached hydrogens (tertiary/aromatic N) is 2. The SMILES string of the molecule is CCn1c(=O)c(C(=O)CCCN2CCNCC2)c(O)c2ccccc21. The maximum absolute atomic E-state index is 12.7. The molecule has 6 heteroatoms. The van der Waals surface area contributed by atoms with Gasteiger partial charge < -0.3 is 19.9 Å². The van der Waals surface area contributed by atoms with E-state index in [1.165, 1.54) is 0 Å². The van der Waals surface area contributed by atoms with Crippen LogP contribution in [0.15, 0.2) is 29.1 Å². The summed E-state index contributed by atoms with van der Waals surface area (Å²) < 4.78 is 1.55. The van der Waals surface area contributed by atoms with E-state index in [1.807, 2.05) is 13.0 Å². The topological polar surface area (TPSA) is 74.6 Å². The summed E-state index contributed by atoms with van der Waals surface area (Å²) >= 11 is 0. The first-order valence-corrected chi connectivity index (χ1v) is 8.94. The lowest BCUT2D eigenvalue weighted by molar-refractivity contribution is 0.0969. The molecule has 0 bridgehead atoms. The molecule has 1 saturated heterocycles. The summed E-state index contributed by atoms with van der Waals surface area (Å²) in [6, 6.07) is 7.15. The first-order valence-electron chi connectivity index (χ1n) is 8.94. The van der Waals surface area contributed by atoms with Gasteiger partial charge in [0.15, 0.2) is 5.78 Å². The van der Waals surface area contributed by atoms with Gasteiger partial charge in [-0.25, -0.2) is 0 Å². The van der Waals surface area contributed by atoms with Crippen LogP contribution in [-0.4, -0.2) is 53.1 Å². The van der Waals surface area contributed by atoms with Crippen molar-refractivity contribution in [1.29, 1.82) is 0 Å². The molecule has 1 aliphatic heterocycles. The number of piperazine rings is 1. The molecule has 0 saturated carbocycles. The molecule has 2 aromatic rings. The molecule has 134 valence electrons. The second-order valence-corrected chi connectivity index (χ2v) is 6.41. The fourth-order valence-electron chi connectivity index (χ4n) is 3.48. The summed E-state index contributed by atoms with van der Waals surface area (Å²) in [6.45, 7) is 7.07. The van der Waals surface area contributed by atoms with E-state index in [9.17, 15) is 14.7 Å².